The Morgan fingerprint density at radius 2 is 1.71 bits per heavy atom. The number of benzene rings is 2. The molecule has 0 spiro atoms. The van der Waals surface area contributed by atoms with Crippen LogP contribution in [0, 0.1) is 6.92 Å². The molecule has 1 heteroatoms. The van der Waals surface area contributed by atoms with E-state index in [1.807, 2.05) is 18.3 Å². The summed E-state index contributed by atoms with van der Waals surface area (Å²) in [5, 5.41) is 1.21. The number of hydrogen-bond acceptors (Lipinski definition) is 1. The fraction of sp³-hybridized carbons (Fsp3) is 0.0625. The van der Waals surface area contributed by atoms with Crippen molar-refractivity contribution in [3.05, 3.63) is 66.4 Å². The molecule has 0 aliphatic carbocycles. The Morgan fingerprint density at radius 3 is 2.53 bits per heavy atom. The molecule has 3 rings (SSSR count). The van der Waals surface area contributed by atoms with E-state index in [4.69, 9.17) is 0 Å². The van der Waals surface area contributed by atoms with E-state index in [2.05, 4.69) is 54.4 Å². The molecule has 0 amide bonds. The van der Waals surface area contributed by atoms with Crippen molar-refractivity contribution in [2.24, 2.45) is 0 Å². The van der Waals surface area contributed by atoms with Gasteiger partial charge in [-0.1, -0.05) is 42.5 Å². The van der Waals surface area contributed by atoms with Gasteiger partial charge in [-0.3, -0.25) is 4.98 Å². The van der Waals surface area contributed by atoms with Crippen LogP contribution >= 0.6 is 0 Å². The van der Waals surface area contributed by atoms with Crippen LogP contribution in [0.15, 0.2) is 60.8 Å². The van der Waals surface area contributed by atoms with Crippen LogP contribution in [0.1, 0.15) is 5.56 Å². The van der Waals surface area contributed by atoms with E-state index < -0.39 is 0 Å². The van der Waals surface area contributed by atoms with Crippen molar-refractivity contribution >= 4 is 10.9 Å². The van der Waals surface area contributed by atoms with Gasteiger partial charge in [0.2, 0.25) is 0 Å². The first-order chi connectivity index (χ1) is 8.34. The molecule has 1 heterocycles. The standard InChI is InChI=1S/C16H13N/c1-12-10-15(13-6-3-2-4-7-13)14-8-5-9-17-16(14)11-12/h2-11H,1H3. The molecule has 82 valence electrons. The molecule has 1 aromatic heterocycles. The van der Waals surface area contributed by atoms with Crippen LogP contribution < -0.4 is 0 Å². The minimum absolute atomic E-state index is 1.06. The molecule has 0 N–H and O–H groups in total. The minimum atomic E-state index is 1.06. The number of pyridine rings is 1. The molecular formula is C16H13N. The van der Waals surface area contributed by atoms with E-state index >= 15 is 0 Å². The fourth-order valence-corrected chi connectivity index (χ4v) is 2.18. The first kappa shape index (κ1) is 10.0. The third-order valence-corrected chi connectivity index (χ3v) is 2.95. The summed E-state index contributed by atoms with van der Waals surface area (Å²) in [4.78, 5) is 4.43. The average molecular weight is 219 g/mol. The van der Waals surface area contributed by atoms with Gasteiger partial charge in [0.15, 0.2) is 0 Å². The largest absolute Gasteiger partial charge is 0.256 e. The van der Waals surface area contributed by atoms with Gasteiger partial charge in [0.25, 0.3) is 0 Å². The number of aryl methyl sites for hydroxylation is 1. The quantitative estimate of drug-likeness (QED) is 0.597. The van der Waals surface area contributed by atoms with E-state index in [1.54, 1.807) is 0 Å². The van der Waals surface area contributed by atoms with E-state index in [-0.39, 0.29) is 0 Å². The van der Waals surface area contributed by atoms with Crippen LogP contribution in [0.4, 0.5) is 0 Å². The maximum Gasteiger partial charge on any atom is 0.0710 e. The van der Waals surface area contributed by atoms with Crippen molar-refractivity contribution < 1.29 is 0 Å². The second kappa shape index (κ2) is 4.02. The van der Waals surface area contributed by atoms with Gasteiger partial charge >= 0.3 is 0 Å². The highest BCUT2D eigenvalue weighted by atomic mass is 14.6. The Bertz CT molecular complexity index is 657. The second-order valence-electron chi connectivity index (χ2n) is 4.25. The lowest BCUT2D eigenvalue weighted by Crippen LogP contribution is -1.85. The molecule has 0 aliphatic rings. The molecule has 17 heavy (non-hydrogen) atoms. The first-order valence-corrected chi connectivity index (χ1v) is 5.75. The number of aromatic nitrogens is 1. The molecule has 0 saturated carbocycles. The number of fused-ring (bicyclic) bond motifs is 1. The smallest absolute Gasteiger partial charge is 0.0710 e. The van der Waals surface area contributed by atoms with Crippen LogP contribution in [0.3, 0.4) is 0 Å². The van der Waals surface area contributed by atoms with Gasteiger partial charge < -0.3 is 0 Å². The molecule has 0 fully saturated rings. The van der Waals surface area contributed by atoms with Crippen molar-refractivity contribution in [2.45, 2.75) is 6.92 Å². The third kappa shape index (κ3) is 1.80. The van der Waals surface area contributed by atoms with Crippen molar-refractivity contribution in [1.29, 1.82) is 0 Å². The molecule has 3 aromatic rings. The van der Waals surface area contributed by atoms with Crippen molar-refractivity contribution in [3.63, 3.8) is 0 Å². The summed E-state index contributed by atoms with van der Waals surface area (Å²) in [6, 6.07) is 18.9. The summed E-state index contributed by atoms with van der Waals surface area (Å²) in [5.41, 5.74) is 4.81. The highest BCUT2D eigenvalue weighted by molar-refractivity contribution is 5.95. The van der Waals surface area contributed by atoms with Gasteiger partial charge in [-0.2, -0.15) is 0 Å². The SMILES string of the molecule is Cc1cc(-c2ccccc2)c2cccnc2c1. The number of hydrogen-bond donors (Lipinski definition) is 0. The molecular weight excluding hydrogens is 206 g/mol. The van der Waals surface area contributed by atoms with Gasteiger partial charge in [0, 0.05) is 11.6 Å². The Labute approximate surface area is 101 Å². The van der Waals surface area contributed by atoms with E-state index in [0.29, 0.717) is 0 Å². The average Bonchev–Trinajstić information content (AvgIpc) is 2.39. The fourth-order valence-electron chi connectivity index (χ4n) is 2.18. The molecule has 2 aromatic carbocycles. The predicted octanol–water partition coefficient (Wildman–Crippen LogP) is 4.21. The zero-order chi connectivity index (χ0) is 11.7. The summed E-state index contributed by atoms with van der Waals surface area (Å²) < 4.78 is 0. The predicted molar refractivity (Wildman–Crippen MR) is 71.9 cm³/mol. The lowest BCUT2D eigenvalue weighted by atomic mass is 9.98. The van der Waals surface area contributed by atoms with Gasteiger partial charge in [-0.05, 0) is 35.7 Å². The van der Waals surface area contributed by atoms with Crippen molar-refractivity contribution in [3.8, 4) is 11.1 Å². The van der Waals surface area contributed by atoms with Crippen LogP contribution in [0.25, 0.3) is 22.0 Å². The summed E-state index contributed by atoms with van der Waals surface area (Å²) in [6.07, 6.45) is 1.84. The maximum atomic E-state index is 4.43. The summed E-state index contributed by atoms with van der Waals surface area (Å²) in [6.45, 7) is 2.11. The highest BCUT2D eigenvalue weighted by Crippen LogP contribution is 2.28. The van der Waals surface area contributed by atoms with Crippen LogP contribution in [0.2, 0.25) is 0 Å². The van der Waals surface area contributed by atoms with Gasteiger partial charge in [0.05, 0.1) is 5.52 Å². The number of rotatable bonds is 1. The third-order valence-electron chi connectivity index (χ3n) is 2.95. The van der Waals surface area contributed by atoms with Gasteiger partial charge in [-0.15, -0.1) is 0 Å². The Kier molecular flexibility index (Phi) is 2.37. The topological polar surface area (TPSA) is 12.9 Å². The normalized spacial score (nSPS) is 10.6. The highest BCUT2D eigenvalue weighted by Gasteiger charge is 2.04. The molecule has 0 atom stereocenters. The van der Waals surface area contributed by atoms with E-state index in [9.17, 15) is 0 Å². The molecule has 0 bridgehead atoms. The lowest BCUT2D eigenvalue weighted by molar-refractivity contribution is 1.39. The first-order valence-electron chi connectivity index (χ1n) is 5.75. The molecule has 0 radical (unpaired) electrons. The zero-order valence-electron chi connectivity index (χ0n) is 9.72. The Hall–Kier alpha value is -2.15. The molecule has 0 aliphatic heterocycles. The Balaban J connectivity index is 2.36. The van der Waals surface area contributed by atoms with E-state index in [0.717, 1.165) is 5.52 Å². The maximum absolute atomic E-state index is 4.43. The van der Waals surface area contributed by atoms with Gasteiger partial charge in [-0.25, -0.2) is 0 Å². The molecule has 0 saturated heterocycles. The number of nitrogens with zero attached hydrogens (tertiary/aromatic N) is 1. The Morgan fingerprint density at radius 1 is 0.882 bits per heavy atom. The summed E-state index contributed by atoms with van der Waals surface area (Å²) >= 11 is 0. The summed E-state index contributed by atoms with van der Waals surface area (Å²) in [5.74, 6) is 0. The second-order valence-corrected chi connectivity index (χ2v) is 4.25. The van der Waals surface area contributed by atoms with E-state index in [1.165, 1.54) is 22.1 Å². The van der Waals surface area contributed by atoms with Crippen molar-refractivity contribution in [1.82, 2.24) is 4.98 Å². The van der Waals surface area contributed by atoms with Gasteiger partial charge in [0.1, 0.15) is 0 Å². The van der Waals surface area contributed by atoms with Crippen molar-refractivity contribution in [2.75, 3.05) is 0 Å². The monoisotopic (exact) mass is 219 g/mol. The minimum Gasteiger partial charge on any atom is -0.256 e. The molecule has 0 unspecified atom stereocenters. The summed E-state index contributed by atoms with van der Waals surface area (Å²) in [7, 11) is 0. The van der Waals surface area contributed by atoms with Crippen LogP contribution in [-0.4, -0.2) is 4.98 Å². The molecule has 1 nitrogen and oxygen atoms in total. The lowest BCUT2D eigenvalue weighted by Gasteiger charge is -2.07. The van der Waals surface area contributed by atoms with Crippen LogP contribution in [0.5, 0.6) is 0 Å². The zero-order valence-corrected chi connectivity index (χ0v) is 9.72. The van der Waals surface area contributed by atoms with Crippen LogP contribution in [-0.2, 0) is 0 Å².